The van der Waals surface area contributed by atoms with Gasteiger partial charge >= 0.3 is 6.18 Å². The normalized spacial score (nSPS) is 15.1. The van der Waals surface area contributed by atoms with Crippen LogP contribution < -0.4 is 5.32 Å². The summed E-state index contributed by atoms with van der Waals surface area (Å²) in [5, 5.41) is 11.0. The van der Waals surface area contributed by atoms with Crippen molar-refractivity contribution in [1.82, 2.24) is 10.2 Å². The molecule has 1 heterocycles. The van der Waals surface area contributed by atoms with E-state index in [4.69, 9.17) is 0 Å². The molecule has 4 nitrogen and oxygen atoms in total. The van der Waals surface area contributed by atoms with Gasteiger partial charge in [-0.15, -0.1) is 10.2 Å². The highest BCUT2D eigenvalue weighted by molar-refractivity contribution is 8.00. The second-order valence-corrected chi connectivity index (χ2v) is 7.68. The van der Waals surface area contributed by atoms with E-state index >= 15 is 0 Å². The molecule has 0 radical (unpaired) electrons. The minimum absolute atomic E-state index is 0.0353. The molecule has 0 saturated heterocycles. The van der Waals surface area contributed by atoms with Crippen molar-refractivity contribution in [2.45, 2.75) is 35.5 Å². The van der Waals surface area contributed by atoms with Crippen LogP contribution in [0.15, 0.2) is 28.6 Å². The second kappa shape index (κ2) is 7.10. The lowest BCUT2D eigenvalue weighted by Crippen LogP contribution is -2.27. The SMILES string of the molecule is O=C(Nc1nnc(SCc2cccc(C(F)(F)F)c2)s1)C1CCC1. The molecule has 0 aliphatic heterocycles. The van der Waals surface area contributed by atoms with E-state index in [9.17, 15) is 18.0 Å². The van der Waals surface area contributed by atoms with Gasteiger partial charge in [0.1, 0.15) is 0 Å². The first-order valence-electron chi connectivity index (χ1n) is 7.35. The third-order valence-corrected chi connectivity index (χ3v) is 5.77. The van der Waals surface area contributed by atoms with Crippen LogP contribution in [0.3, 0.4) is 0 Å². The fourth-order valence-electron chi connectivity index (χ4n) is 2.18. The average molecular weight is 373 g/mol. The fourth-order valence-corrected chi connectivity index (χ4v) is 3.88. The van der Waals surface area contributed by atoms with Crippen molar-refractivity contribution in [2.24, 2.45) is 5.92 Å². The summed E-state index contributed by atoms with van der Waals surface area (Å²) < 4.78 is 38.7. The molecule has 1 aliphatic carbocycles. The number of carbonyl (C=O) groups excluding carboxylic acids is 1. The lowest BCUT2D eigenvalue weighted by Gasteiger charge is -2.23. The van der Waals surface area contributed by atoms with Gasteiger partial charge in [-0.2, -0.15) is 13.2 Å². The summed E-state index contributed by atoms with van der Waals surface area (Å²) in [5.74, 6) is 0.386. The highest BCUT2D eigenvalue weighted by Gasteiger charge is 2.30. The molecule has 0 atom stereocenters. The van der Waals surface area contributed by atoms with E-state index in [1.807, 2.05) is 0 Å². The van der Waals surface area contributed by atoms with Crippen molar-refractivity contribution >= 4 is 34.1 Å². The maximum Gasteiger partial charge on any atom is 0.416 e. The number of thioether (sulfide) groups is 1. The molecule has 1 N–H and O–H groups in total. The predicted molar refractivity (Wildman–Crippen MR) is 86.9 cm³/mol. The van der Waals surface area contributed by atoms with Crippen LogP contribution in [0.25, 0.3) is 0 Å². The molecule has 1 saturated carbocycles. The Bertz CT molecular complexity index is 729. The van der Waals surface area contributed by atoms with E-state index in [1.165, 1.54) is 29.2 Å². The quantitative estimate of drug-likeness (QED) is 0.615. The highest BCUT2D eigenvalue weighted by atomic mass is 32.2. The summed E-state index contributed by atoms with van der Waals surface area (Å²) >= 11 is 2.52. The maximum absolute atomic E-state index is 12.7. The molecule has 0 spiro atoms. The largest absolute Gasteiger partial charge is 0.416 e. The highest BCUT2D eigenvalue weighted by Crippen LogP contribution is 2.33. The zero-order valence-corrected chi connectivity index (χ0v) is 14.1. The minimum atomic E-state index is -4.34. The Hall–Kier alpha value is -1.61. The average Bonchev–Trinajstić information content (AvgIpc) is 2.90. The number of anilines is 1. The summed E-state index contributed by atoms with van der Waals surface area (Å²) in [4.78, 5) is 11.8. The van der Waals surface area contributed by atoms with Crippen LogP contribution in [0.1, 0.15) is 30.4 Å². The van der Waals surface area contributed by atoms with Gasteiger partial charge in [-0.05, 0) is 24.5 Å². The molecule has 0 bridgehead atoms. The van der Waals surface area contributed by atoms with Crippen molar-refractivity contribution in [3.63, 3.8) is 0 Å². The number of amides is 1. The van der Waals surface area contributed by atoms with Gasteiger partial charge in [0, 0.05) is 11.7 Å². The van der Waals surface area contributed by atoms with Crippen molar-refractivity contribution < 1.29 is 18.0 Å². The van der Waals surface area contributed by atoms with Crippen LogP contribution >= 0.6 is 23.1 Å². The van der Waals surface area contributed by atoms with Gasteiger partial charge in [0.05, 0.1) is 5.56 Å². The Morgan fingerprint density at radius 2 is 2.12 bits per heavy atom. The van der Waals surface area contributed by atoms with E-state index in [1.54, 1.807) is 6.07 Å². The van der Waals surface area contributed by atoms with Gasteiger partial charge in [0.2, 0.25) is 11.0 Å². The molecule has 1 amide bonds. The van der Waals surface area contributed by atoms with E-state index in [0.717, 1.165) is 31.4 Å². The molecule has 1 aliphatic rings. The van der Waals surface area contributed by atoms with Crippen LogP contribution in [0.4, 0.5) is 18.3 Å². The van der Waals surface area contributed by atoms with Crippen LogP contribution in [0, 0.1) is 5.92 Å². The lowest BCUT2D eigenvalue weighted by molar-refractivity contribution is -0.137. The molecule has 1 aromatic carbocycles. The van der Waals surface area contributed by atoms with Crippen LogP contribution in [-0.2, 0) is 16.7 Å². The molecule has 3 rings (SSSR count). The number of rotatable bonds is 5. The Morgan fingerprint density at radius 1 is 1.33 bits per heavy atom. The second-order valence-electron chi connectivity index (χ2n) is 5.48. The van der Waals surface area contributed by atoms with Crippen molar-refractivity contribution in [1.29, 1.82) is 0 Å². The van der Waals surface area contributed by atoms with Crippen LogP contribution in [0.5, 0.6) is 0 Å². The van der Waals surface area contributed by atoms with Crippen LogP contribution in [-0.4, -0.2) is 16.1 Å². The number of benzene rings is 1. The van der Waals surface area contributed by atoms with Crippen molar-refractivity contribution in [3.8, 4) is 0 Å². The van der Waals surface area contributed by atoms with Gasteiger partial charge < -0.3 is 5.32 Å². The third kappa shape index (κ3) is 4.27. The molecule has 128 valence electrons. The van der Waals surface area contributed by atoms with Crippen molar-refractivity contribution in [3.05, 3.63) is 35.4 Å². The molecule has 1 aromatic heterocycles. The summed E-state index contributed by atoms with van der Waals surface area (Å²) in [6.45, 7) is 0. The van der Waals surface area contributed by atoms with Gasteiger partial charge in [-0.25, -0.2) is 0 Å². The standard InChI is InChI=1S/C15H14F3N3OS2/c16-15(17,18)11-6-1-3-9(7-11)8-23-14-21-20-13(24-14)19-12(22)10-4-2-5-10/h1,3,6-7,10H,2,4-5,8H2,(H,19,20,22). The van der Waals surface area contributed by atoms with Crippen LogP contribution in [0.2, 0.25) is 0 Å². The van der Waals surface area contributed by atoms with E-state index in [-0.39, 0.29) is 11.8 Å². The van der Waals surface area contributed by atoms with E-state index in [2.05, 4.69) is 15.5 Å². The molecular formula is C15H14F3N3OS2. The number of halogens is 3. The smallest absolute Gasteiger partial charge is 0.300 e. The summed E-state index contributed by atoms with van der Waals surface area (Å²) in [6, 6.07) is 5.21. The number of hydrogen-bond acceptors (Lipinski definition) is 5. The zero-order chi connectivity index (χ0) is 17.2. The van der Waals surface area contributed by atoms with Gasteiger partial charge in [0.25, 0.3) is 0 Å². The fraction of sp³-hybridized carbons (Fsp3) is 0.400. The maximum atomic E-state index is 12.7. The number of carbonyl (C=O) groups is 1. The van der Waals surface area contributed by atoms with Crippen molar-refractivity contribution in [2.75, 3.05) is 5.32 Å². The van der Waals surface area contributed by atoms with Gasteiger partial charge in [0.15, 0.2) is 4.34 Å². The first-order chi connectivity index (χ1) is 11.4. The minimum Gasteiger partial charge on any atom is -0.300 e. The van der Waals surface area contributed by atoms with E-state index < -0.39 is 11.7 Å². The molecule has 1 fully saturated rings. The Labute approximate surface area is 144 Å². The molecule has 0 unspecified atom stereocenters. The van der Waals surface area contributed by atoms with Gasteiger partial charge in [-0.1, -0.05) is 47.7 Å². The molecule has 2 aromatic rings. The molecular weight excluding hydrogens is 359 g/mol. The number of hydrogen-bond donors (Lipinski definition) is 1. The zero-order valence-electron chi connectivity index (χ0n) is 12.5. The first kappa shape index (κ1) is 17.2. The number of aromatic nitrogens is 2. The monoisotopic (exact) mass is 373 g/mol. The third-order valence-electron chi connectivity index (χ3n) is 3.73. The molecule has 24 heavy (non-hydrogen) atoms. The Balaban J connectivity index is 1.56. The van der Waals surface area contributed by atoms with E-state index in [0.29, 0.717) is 20.8 Å². The topological polar surface area (TPSA) is 54.9 Å². The predicted octanol–water partition coefficient (Wildman–Crippen LogP) is 4.59. The lowest BCUT2D eigenvalue weighted by atomic mass is 9.85. The Morgan fingerprint density at radius 3 is 2.79 bits per heavy atom. The Kier molecular flexibility index (Phi) is 5.09. The first-order valence-corrected chi connectivity index (χ1v) is 9.15. The summed E-state index contributed by atoms with van der Waals surface area (Å²) in [7, 11) is 0. The number of nitrogens with zero attached hydrogens (tertiary/aromatic N) is 2. The number of nitrogens with one attached hydrogen (secondary N) is 1. The summed E-state index contributed by atoms with van der Waals surface area (Å²) in [6.07, 6.45) is -1.46. The summed E-state index contributed by atoms with van der Waals surface area (Å²) in [5.41, 5.74) is -0.101. The van der Waals surface area contributed by atoms with Gasteiger partial charge in [-0.3, -0.25) is 4.79 Å². The molecule has 9 heteroatoms. The number of alkyl halides is 3.